The van der Waals surface area contributed by atoms with Crippen LogP contribution in [0.3, 0.4) is 0 Å². The van der Waals surface area contributed by atoms with E-state index in [1.54, 1.807) is 31.3 Å². The van der Waals surface area contributed by atoms with Gasteiger partial charge in [0.15, 0.2) is 0 Å². The summed E-state index contributed by atoms with van der Waals surface area (Å²) in [6.45, 7) is 1.33. The van der Waals surface area contributed by atoms with E-state index in [-0.39, 0.29) is 11.8 Å². The summed E-state index contributed by atoms with van der Waals surface area (Å²) < 4.78 is 5.53. The van der Waals surface area contributed by atoms with Gasteiger partial charge in [0.2, 0.25) is 5.91 Å². The van der Waals surface area contributed by atoms with Crippen molar-refractivity contribution in [2.24, 2.45) is 5.84 Å². The molecule has 0 unspecified atom stereocenters. The van der Waals surface area contributed by atoms with Crippen molar-refractivity contribution in [3.8, 4) is 5.75 Å². The second-order valence-electron chi connectivity index (χ2n) is 4.26. The van der Waals surface area contributed by atoms with Gasteiger partial charge >= 0.3 is 0 Å². The Bertz CT molecular complexity index is 465. The van der Waals surface area contributed by atoms with Crippen molar-refractivity contribution in [2.45, 2.75) is 0 Å². The molecule has 0 fully saturated rings. The molecule has 110 valence electrons. The molecule has 7 heteroatoms. The second kappa shape index (κ2) is 8.13. The van der Waals surface area contributed by atoms with Crippen LogP contribution in [0.1, 0.15) is 10.4 Å². The first-order valence-corrected chi connectivity index (χ1v) is 6.19. The van der Waals surface area contributed by atoms with E-state index in [9.17, 15) is 9.59 Å². The largest absolute Gasteiger partial charge is 0.492 e. The minimum Gasteiger partial charge on any atom is -0.492 e. The first-order chi connectivity index (χ1) is 9.56. The molecule has 0 aliphatic rings. The third kappa shape index (κ3) is 5.25. The number of benzene rings is 1. The number of hydrogen-bond acceptors (Lipinski definition) is 5. The lowest BCUT2D eigenvalue weighted by atomic mass is 10.2. The molecule has 0 saturated heterocycles. The molecule has 0 atom stereocenters. The van der Waals surface area contributed by atoms with Crippen LogP contribution in [-0.2, 0) is 4.79 Å². The highest BCUT2D eigenvalue weighted by Gasteiger charge is 2.06. The van der Waals surface area contributed by atoms with Crippen LogP contribution in [0.4, 0.5) is 0 Å². The summed E-state index contributed by atoms with van der Waals surface area (Å²) in [7, 11) is 3.43. The van der Waals surface area contributed by atoms with Crippen LogP contribution in [0, 0.1) is 0 Å². The molecule has 0 saturated carbocycles. The van der Waals surface area contributed by atoms with Crippen molar-refractivity contribution in [1.29, 1.82) is 0 Å². The van der Waals surface area contributed by atoms with Crippen LogP contribution in [0.15, 0.2) is 24.3 Å². The molecular formula is C13H20N4O3. The van der Waals surface area contributed by atoms with Crippen molar-refractivity contribution in [3.63, 3.8) is 0 Å². The third-order valence-corrected chi connectivity index (χ3v) is 2.66. The fraction of sp³-hybridized carbons (Fsp3) is 0.385. The maximum atomic E-state index is 11.4. The molecule has 20 heavy (non-hydrogen) atoms. The highest BCUT2D eigenvalue weighted by Crippen LogP contribution is 2.13. The van der Waals surface area contributed by atoms with Gasteiger partial charge in [0, 0.05) is 19.2 Å². The molecule has 1 aromatic carbocycles. The van der Waals surface area contributed by atoms with Gasteiger partial charge < -0.3 is 10.1 Å². The Morgan fingerprint density at radius 1 is 1.40 bits per heavy atom. The van der Waals surface area contributed by atoms with E-state index < -0.39 is 0 Å². The fourth-order valence-corrected chi connectivity index (χ4v) is 1.53. The summed E-state index contributed by atoms with van der Waals surface area (Å²) >= 11 is 0. The SMILES string of the molecule is CNC(=O)CN(C)CCOc1cccc(C(=O)NN)c1. The highest BCUT2D eigenvalue weighted by atomic mass is 16.5. The molecule has 7 nitrogen and oxygen atoms in total. The Labute approximate surface area is 118 Å². The van der Waals surface area contributed by atoms with Crippen molar-refractivity contribution in [2.75, 3.05) is 33.8 Å². The lowest BCUT2D eigenvalue weighted by Crippen LogP contribution is -2.35. The molecule has 0 spiro atoms. The summed E-state index contributed by atoms with van der Waals surface area (Å²) in [5.41, 5.74) is 2.50. The Kier molecular flexibility index (Phi) is 6.48. The predicted molar refractivity (Wildman–Crippen MR) is 75.2 cm³/mol. The van der Waals surface area contributed by atoms with Crippen molar-refractivity contribution in [3.05, 3.63) is 29.8 Å². The lowest BCUT2D eigenvalue weighted by Gasteiger charge is -2.16. The Balaban J connectivity index is 2.42. The van der Waals surface area contributed by atoms with E-state index in [1.807, 2.05) is 11.9 Å². The number of carbonyl (C=O) groups excluding carboxylic acids is 2. The Morgan fingerprint density at radius 3 is 2.80 bits per heavy atom. The second-order valence-corrected chi connectivity index (χ2v) is 4.26. The van der Waals surface area contributed by atoms with Gasteiger partial charge in [-0.2, -0.15) is 0 Å². The molecule has 0 radical (unpaired) electrons. The molecule has 4 N–H and O–H groups in total. The molecule has 0 heterocycles. The van der Waals surface area contributed by atoms with E-state index >= 15 is 0 Å². The van der Waals surface area contributed by atoms with Crippen LogP contribution in [0.5, 0.6) is 5.75 Å². The number of carbonyl (C=O) groups is 2. The van der Waals surface area contributed by atoms with Gasteiger partial charge in [-0.15, -0.1) is 0 Å². The zero-order chi connectivity index (χ0) is 15.0. The number of likely N-dealkylation sites (N-methyl/N-ethyl adjacent to an activating group) is 2. The molecule has 0 aliphatic heterocycles. The van der Waals surface area contributed by atoms with Crippen LogP contribution in [0.25, 0.3) is 0 Å². The van der Waals surface area contributed by atoms with E-state index in [0.717, 1.165) is 0 Å². The first kappa shape index (κ1) is 15.9. The number of ether oxygens (including phenoxy) is 1. The average molecular weight is 280 g/mol. The predicted octanol–water partition coefficient (Wildman–Crippen LogP) is -0.653. The van der Waals surface area contributed by atoms with Crippen molar-refractivity contribution >= 4 is 11.8 Å². The number of nitrogens with one attached hydrogen (secondary N) is 2. The number of hydrogen-bond donors (Lipinski definition) is 3. The number of hydrazine groups is 1. The van der Waals surface area contributed by atoms with E-state index in [4.69, 9.17) is 10.6 Å². The summed E-state index contributed by atoms with van der Waals surface area (Å²) in [6.07, 6.45) is 0. The van der Waals surface area contributed by atoms with E-state index in [0.29, 0.717) is 31.0 Å². The number of amides is 2. The maximum absolute atomic E-state index is 11.4. The minimum atomic E-state index is -0.368. The van der Waals surface area contributed by atoms with Gasteiger partial charge in [-0.3, -0.25) is 19.9 Å². The highest BCUT2D eigenvalue weighted by molar-refractivity contribution is 5.94. The average Bonchev–Trinajstić information content (AvgIpc) is 2.46. The normalized spacial score (nSPS) is 10.2. The molecule has 0 aromatic heterocycles. The van der Waals surface area contributed by atoms with Gasteiger partial charge in [-0.25, -0.2) is 5.84 Å². The molecule has 2 amide bonds. The standard InChI is InChI=1S/C13H20N4O3/c1-15-12(18)9-17(2)6-7-20-11-5-3-4-10(8-11)13(19)16-14/h3-5,8H,6-7,9,14H2,1-2H3,(H,15,18)(H,16,19). The lowest BCUT2D eigenvalue weighted by molar-refractivity contribution is -0.121. The summed E-state index contributed by atoms with van der Waals surface area (Å²) in [4.78, 5) is 24.4. The van der Waals surface area contributed by atoms with E-state index in [2.05, 4.69) is 10.7 Å². The number of rotatable bonds is 7. The van der Waals surface area contributed by atoms with Gasteiger partial charge in [-0.05, 0) is 25.2 Å². The van der Waals surface area contributed by atoms with Crippen molar-refractivity contribution in [1.82, 2.24) is 15.6 Å². The first-order valence-electron chi connectivity index (χ1n) is 6.19. The van der Waals surface area contributed by atoms with Gasteiger partial charge in [0.1, 0.15) is 12.4 Å². The minimum absolute atomic E-state index is 0.0471. The zero-order valence-electron chi connectivity index (χ0n) is 11.7. The van der Waals surface area contributed by atoms with Crippen LogP contribution >= 0.6 is 0 Å². The van der Waals surface area contributed by atoms with Gasteiger partial charge in [0.05, 0.1) is 6.54 Å². The Morgan fingerprint density at radius 2 is 2.15 bits per heavy atom. The molecule has 0 bridgehead atoms. The quantitative estimate of drug-likeness (QED) is 0.350. The summed E-state index contributed by atoms with van der Waals surface area (Å²) in [5.74, 6) is 5.24. The summed E-state index contributed by atoms with van der Waals surface area (Å²) in [5, 5.41) is 2.55. The third-order valence-electron chi connectivity index (χ3n) is 2.66. The smallest absolute Gasteiger partial charge is 0.265 e. The van der Waals surface area contributed by atoms with Gasteiger partial charge in [-0.1, -0.05) is 6.07 Å². The van der Waals surface area contributed by atoms with Gasteiger partial charge in [0.25, 0.3) is 5.91 Å². The number of nitrogens with zero attached hydrogens (tertiary/aromatic N) is 1. The van der Waals surface area contributed by atoms with E-state index in [1.165, 1.54) is 0 Å². The zero-order valence-corrected chi connectivity index (χ0v) is 11.7. The fourth-order valence-electron chi connectivity index (χ4n) is 1.53. The Hall–Kier alpha value is -2.12. The van der Waals surface area contributed by atoms with Crippen molar-refractivity contribution < 1.29 is 14.3 Å². The molecular weight excluding hydrogens is 260 g/mol. The molecule has 1 rings (SSSR count). The number of nitrogen functional groups attached to an aromatic ring is 1. The number of nitrogens with two attached hydrogens (primary N) is 1. The summed E-state index contributed by atoms with van der Waals surface area (Å²) in [6, 6.07) is 6.73. The topological polar surface area (TPSA) is 96.7 Å². The molecule has 0 aliphatic carbocycles. The van der Waals surface area contributed by atoms with Crippen LogP contribution in [0.2, 0.25) is 0 Å². The maximum Gasteiger partial charge on any atom is 0.265 e. The molecule has 1 aromatic rings. The van der Waals surface area contributed by atoms with Crippen LogP contribution in [-0.4, -0.2) is 50.5 Å². The van der Waals surface area contributed by atoms with Crippen LogP contribution < -0.4 is 21.3 Å². The monoisotopic (exact) mass is 280 g/mol.